The zero-order chi connectivity index (χ0) is 33.0. The van der Waals surface area contributed by atoms with Gasteiger partial charge >= 0.3 is 20.4 Å². The van der Waals surface area contributed by atoms with Gasteiger partial charge in [0.15, 0.2) is 0 Å². The molecule has 0 spiro atoms. The molecule has 6 rings (SSSR count). The molecule has 8 nitrogen and oxygen atoms in total. The summed E-state index contributed by atoms with van der Waals surface area (Å²) in [5.74, 6) is 0. The Kier molecular flexibility index (Phi) is 17.9. The van der Waals surface area contributed by atoms with Gasteiger partial charge in [0.25, 0.3) is 0 Å². The van der Waals surface area contributed by atoms with E-state index in [0.29, 0.717) is 0 Å². The van der Waals surface area contributed by atoms with Gasteiger partial charge in [0.2, 0.25) is 0 Å². The summed E-state index contributed by atoms with van der Waals surface area (Å²) in [5.41, 5.74) is 0. The number of nitrogens with zero attached hydrogens (tertiary/aromatic N) is 2. The van der Waals surface area contributed by atoms with E-state index >= 15 is 0 Å². The van der Waals surface area contributed by atoms with E-state index in [1.165, 1.54) is 31.8 Å². The van der Waals surface area contributed by atoms with Crippen molar-refractivity contribution in [2.75, 3.05) is 0 Å². The number of hydrogen-bond acceptors (Lipinski definition) is 6. The van der Waals surface area contributed by atoms with E-state index in [1.807, 2.05) is 0 Å². The maximum Gasteiger partial charge on any atom is 2.00 e. The first-order chi connectivity index (χ1) is 22.4. The van der Waals surface area contributed by atoms with Crippen molar-refractivity contribution in [2.45, 2.75) is 0 Å². The normalized spacial score (nSPS) is 9.57. The molecule has 0 saturated heterocycles. The molecule has 0 atom stereocenters. The quantitative estimate of drug-likeness (QED) is 0.0836. The van der Waals surface area contributed by atoms with Crippen LogP contribution in [0.4, 0.5) is 0 Å². The van der Waals surface area contributed by atoms with E-state index in [0.717, 1.165) is 0 Å². The largest absolute Gasteiger partial charge is 2.00 e. The third-order valence-electron chi connectivity index (χ3n) is 6.09. The minimum absolute atomic E-state index is 0. The molecule has 0 radical (unpaired) electrons. The van der Waals surface area contributed by atoms with Crippen molar-refractivity contribution in [3.05, 3.63) is 213 Å². The van der Waals surface area contributed by atoms with Crippen LogP contribution in [0.25, 0.3) is 0 Å². The van der Waals surface area contributed by atoms with Gasteiger partial charge in [-0.15, -0.1) is 0 Å². The van der Waals surface area contributed by atoms with Crippen molar-refractivity contribution in [1.82, 2.24) is 0 Å². The summed E-state index contributed by atoms with van der Waals surface area (Å²) in [6.07, 6.45) is 0. The minimum Gasteiger partial charge on any atom is -0.356 e. The van der Waals surface area contributed by atoms with Crippen LogP contribution in [0.5, 0.6) is 0 Å². The van der Waals surface area contributed by atoms with Crippen LogP contribution in [0.3, 0.4) is 0 Å². The van der Waals surface area contributed by atoms with Crippen molar-refractivity contribution < 1.29 is 30.6 Å². The summed E-state index contributed by atoms with van der Waals surface area (Å²) in [4.78, 5) is 16.5. The fourth-order valence-corrected chi connectivity index (χ4v) is 8.97. The van der Waals surface area contributed by atoms with E-state index < -0.39 is 26.0 Å². The molecule has 0 aliphatic carbocycles. The van der Waals surface area contributed by atoms with Gasteiger partial charge in [-0.1, -0.05) is 182 Å². The van der Waals surface area contributed by atoms with Gasteiger partial charge in [-0.2, -0.15) is 0 Å². The summed E-state index contributed by atoms with van der Waals surface area (Å²) in [6.45, 7) is 0. The van der Waals surface area contributed by atoms with Gasteiger partial charge in [-0.3, -0.25) is 0 Å². The first-order valence-electron chi connectivity index (χ1n) is 13.9. The minimum atomic E-state index is -1.75. The number of hydrogen-bond donors (Lipinski definition) is 0. The van der Waals surface area contributed by atoms with Gasteiger partial charge in [0, 0.05) is 0 Å². The molecule has 0 fully saturated rings. The van der Waals surface area contributed by atoms with Crippen LogP contribution >= 0.6 is 15.8 Å². The molecule has 0 heterocycles. The topological polar surface area (TPSA) is 132 Å². The molecule has 0 amide bonds. The van der Waals surface area contributed by atoms with E-state index in [1.54, 1.807) is 0 Å². The average Bonchev–Trinajstić information content (AvgIpc) is 3.08. The molecule has 6 aromatic carbocycles. The fraction of sp³-hybridized carbons (Fsp3) is 0. The zero-order valence-electron chi connectivity index (χ0n) is 24.9. The molecule has 240 valence electrons. The van der Waals surface area contributed by atoms with E-state index in [4.69, 9.17) is 30.6 Å². The Balaban J connectivity index is 0.000000262. The SMILES string of the molecule is O=[N+]([O-])[O-].O=[N+]([O-])[O-].[Pd+2].c1ccc(P(c2ccccc2)c2ccccc2)cc1.c1ccc(P(c2ccccc2)c2ccccc2)cc1. The van der Waals surface area contributed by atoms with Crippen LogP contribution in [0.15, 0.2) is 182 Å². The predicted molar refractivity (Wildman–Crippen MR) is 191 cm³/mol. The van der Waals surface area contributed by atoms with E-state index in [-0.39, 0.29) is 20.4 Å². The Bertz CT molecular complexity index is 1380. The van der Waals surface area contributed by atoms with Crippen LogP contribution in [-0.4, -0.2) is 10.2 Å². The van der Waals surface area contributed by atoms with Crippen LogP contribution in [0, 0.1) is 30.6 Å². The molecule has 0 saturated carbocycles. The fourth-order valence-electron chi connectivity index (χ4n) is 4.36. The molecule has 47 heavy (non-hydrogen) atoms. The maximum absolute atomic E-state index is 8.25. The van der Waals surface area contributed by atoms with Gasteiger partial charge in [0.1, 0.15) is 0 Å². The Morgan fingerprint density at radius 1 is 0.298 bits per heavy atom. The third-order valence-corrected chi connectivity index (χ3v) is 11.0. The Morgan fingerprint density at radius 3 is 0.511 bits per heavy atom. The van der Waals surface area contributed by atoms with Crippen molar-refractivity contribution in [1.29, 1.82) is 0 Å². The molecule has 6 aromatic rings. The Morgan fingerprint density at radius 2 is 0.404 bits per heavy atom. The van der Waals surface area contributed by atoms with Crippen LogP contribution in [0.1, 0.15) is 0 Å². The molecular formula is C36H30N2O6P2Pd. The van der Waals surface area contributed by atoms with Crippen LogP contribution in [-0.2, 0) is 20.4 Å². The summed E-state index contributed by atoms with van der Waals surface area (Å²) in [7, 11) is -0.892. The van der Waals surface area contributed by atoms with Gasteiger partial charge in [-0.25, -0.2) is 0 Å². The second kappa shape index (κ2) is 21.9. The molecule has 0 aromatic heterocycles. The van der Waals surface area contributed by atoms with E-state index in [9.17, 15) is 0 Å². The smallest absolute Gasteiger partial charge is 0.356 e. The zero-order valence-corrected chi connectivity index (χ0v) is 28.2. The van der Waals surface area contributed by atoms with Crippen molar-refractivity contribution in [3.63, 3.8) is 0 Å². The predicted octanol–water partition coefficient (Wildman–Crippen LogP) is 6.41. The summed E-state index contributed by atoms with van der Waals surface area (Å²) >= 11 is 0. The molecule has 0 aliphatic heterocycles. The van der Waals surface area contributed by atoms with Crippen LogP contribution < -0.4 is 31.8 Å². The monoisotopic (exact) mass is 754 g/mol. The van der Waals surface area contributed by atoms with Crippen LogP contribution in [0.2, 0.25) is 0 Å². The van der Waals surface area contributed by atoms with Crippen molar-refractivity contribution >= 4 is 47.7 Å². The van der Waals surface area contributed by atoms with Crippen molar-refractivity contribution in [3.8, 4) is 0 Å². The standard InChI is InChI=1S/2C18H15P.2NO3.Pd/c2*1-4-10-16(11-5-1)19(17-12-6-2-7-13-17)18-14-8-3-9-15-18;2*2-1(3)4;/h2*1-15H;;;/q;;2*-1;+2. The first kappa shape index (κ1) is 38.4. The summed E-state index contributed by atoms with van der Waals surface area (Å²) < 4.78 is 0. The van der Waals surface area contributed by atoms with E-state index in [2.05, 4.69) is 182 Å². The van der Waals surface area contributed by atoms with Gasteiger partial charge in [0.05, 0.1) is 10.2 Å². The molecule has 0 aliphatic rings. The molecule has 0 bridgehead atoms. The van der Waals surface area contributed by atoms with Gasteiger partial charge in [-0.05, 0) is 47.7 Å². The van der Waals surface area contributed by atoms with Gasteiger partial charge < -0.3 is 30.6 Å². The Labute approximate surface area is 289 Å². The molecule has 0 N–H and O–H groups in total. The Hall–Kier alpha value is -4.76. The number of rotatable bonds is 6. The summed E-state index contributed by atoms with van der Waals surface area (Å²) in [6, 6.07) is 64.7. The molecule has 11 heteroatoms. The second-order valence-electron chi connectivity index (χ2n) is 9.13. The number of benzene rings is 6. The summed E-state index contributed by atoms with van der Waals surface area (Å²) in [5, 5.41) is 37.9. The maximum atomic E-state index is 8.25. The third kappa shape index (κ3) is 14.0. The molecule has 0 unspecified atom stereocenters. The first-order valence-corrected chi connectivity index (χ1v) is 16.6. The average molecular weight is 755 g/mol. The molecular weight excluding hydrogens is 725 g/mol. The second-order valence-corrected chi connectivity index (χ2v) is 13.6. The van der Waals surface area contributed by atoms with Crippen molar-refractivity contribution in [2.24, 2.45) is 0 Å².